The van der Waals surface area contributed by atoms with Gasteiger partial charge in [-0.25, -0.2) is 13.1 Å². The van der Waals surface area contributed by atoms with Gasteiger partial charge in [-0.2, -0.15) is 0 Å². The van der Waals surface area contributed by atoms with Crippen LogP contribution in [0.2, 0.25) is 10.0 Å². The molecule has 2 aromatic carbocycles. The van der Waals surface area contributed by atoms with Gasteiger partial charge in [0.25, 0.3) is 0 Å². The Morgan fingerprint density at radius 2 is 1.81 bits per heavy atom. The van der Waals surface area contributed by atoms with Crippen LogP contribution in [-0.4, -0.2) is 20.1 Å². The zero-order valence-electron chi connectivity index (χ0n) is 10.9. The van der Waals surface area contributed by atoms with Gasteiger partial charge in [0, 0.05) is 16.6 Å². The summed E-state index contributed by atoms with van der Waals surface area (Å²) in [6, 6.07) is 10.8. The predicted octanol–water partition coefficient (Wildman–Crippen LogP) is 3.22. The van der Waals surface area contributed by atoms with Crippen LogP contribution in [0.15, 0.2) is 47.4 Å². The van der Waals surface area contributed by atoms with Crippen LogP contribution in [0.3, 0.4) is 0 Å². The number of aromatic hydroxyl groups is 1. The summed E-state index contributed by atoms with van der Waals surface area (Å²) >= 11 is 11.8. The zero-order chi connectivity index (χ0) is 15.5. The van der Waals surface area contributed by atoms with E-state index in [-0.39, 0.29) is 17.2 Å². The Balaban J connectivity index is 2.04. The first-order valence-electron chi connectivity index (χ1n) is 6.12. The first kappa shape index (κ1) is 16.1. The highest BCUT2D eigenvalue weighted by atomic mass is 35.5. The standard InChI is InChI=1S/C14H13Cl2NO3S/c15-11-6-5-10(12(16)9-11)7-8-17-21(19,20)14-4-2-1-3-13(14)18/h1-6,9,17-18H,7-8H2. The summed E-state index contributed by atoms with van der Waals surface area (Å²) in [5, 5.41) is 10.6. The molecule has 0 aromatic heterocycles. The molecule has 0 aliphatic heterocycles. The first-order valence-corrected chi connectivity index (χ1v) is 8.35. The predicted molar refractivity (Wildman–Crippen MR) is 83.5 cm³/mol. The Kier molecular flexibility index (Phi) is 5.11. The molecule has 0 fully saturated rings. The van der Waals surface area contributed by atoms with Crippen molar-refractivity contribution in [3.63, 3.8) is 0 Å². The van der Waals surface area contributed by atoms with Gasteiger partial charge in [-0.3, -0.25) is 0 Å². The molecule has 2 aromatic rings. The number of hydrogen-bond acceptors (Lipinski definition) is 3. The van der Waals surface area contributed by atoms with Gasteiger partial charge in [0.05, 0.1) is 0 Å². The van der Waals surface area contributed by atoms with Crippen LogP contribution in [0, 0.1) is 0 Å². The minimum absolute atomic E-state index is 0.146. The summed E-state index contributed by atoms with van der Waals surface area (Å²) in [7, 11) is -3.75. The Hall–Kier alpha value is -1.27. The second-order valence-electron chi connectivity index (χ2n) is 4.35. The fourth-order valence-electron chi connectivity index (χ4n) is 1.81. The number of hydrogen-bond donors (Lipinski definition) is 2. The first-order chi connectivity index (χ1) is 9.90. The van der Waals surface area contributed by atoms with Crippen molar-refractivity contribution in [3.05, 3.63) is 58.1 Å². The second kappa shape index (κ2) is 6.66. The maximum absolute atomic E-state index is 12.1. The number of phenolic OH excluding ortho intramolecular Hbond substituents is 1. The van der Waals surface area contributed by atoms with Crippen LogP contribution in [0.4, 0.5) is 0 Å². The number of nitrogens with one attached hydrogen (secondary N) is 1. The monoisotopic (exact) mass is 345 g/mol. The third-order valence-corrected chi connectivity index (χ3v) is 4.95. The third kappa shape index (κ3) is 4.11. The van der Waals surface area contributed by atoms with Crippen LogP contribution < -0.4 is 4.72 Å². The summed E-state index contributed by atoms with van der Waals surface area (Å²) in [6.45, 7) is 0.165. The molecule has 0 aliphatic carbocycles. The van der Waals surface area contributed by atoms with Crippen molar-refractivity contribution in [2.75, 3.05) is 6.54 Å². The van der Waals surface area contributed by atoms with E-state index < -0.39 is 10.0 Å². The molecule has 4 nitrogen and oxygen atoms in total. The molecule has 0 amide bonds. The topological polar surface area (TPSA) is 66.4 Å². The van der Waals surface area contributed by atoms with Crippen LogP contribution in [0.5, 0.6) is 5.75 Å². The van der Waals surface area contributed by atoms with E-state index in [2.05, 4.69) is 4.72 Å². The summed E-state index contributed by atoms with van der Waals surface area (Å²) in [5.74, 6) is -0.283. The van der Waals surface area contributed by atoms with Crippen molar-refractivity contribution in [2.24, 2.45) is 0 Å². The Labute approximate surface area is 133 Å². The molecule has 21 heavy (non-hydrogen) atoms. The highest BCUT2D eigenvalue weighted by Crippen LogP contribution is 2.22. The third-order valence-electron chi connectivity index (χ3n) is 2.86. The van der Waals surface area contributed by atoms with Crippen molar-refractivity contribution >= 4 is 33.2 Å². The van der Waals surface area contributed by atoms with E-state index in [1.54, 1.807) is 30.3 Å². The highest BCUT2D eigenvalue weighted by molar-refractivity contribution is 7.89. The Morgan fingerprint density at radius 3 is 2.48 bits per heavy atom. The van der Waals surface area contributed by atoms with E-state index in [4.69, 9.17) is 23.2 Å². The molecule has 0 unspecified atom stereocenters. The average molecular weight is 346 g/mol. The molecular weight excluding hydrogens is 333 g/mol. The van der Waals surface area contributed by atoms with Gasteiger partial charge in [-0.05, 0) is 36.2 Å². The van der Waals surface area contributed by atoms with E-state index in [1.807, 2.05) is 0 Å². The second-order valence-corrected chi connectivity index (χ2v) is 6.93. The SMILES string of the molecule is O=S(=O)(NCCc1ccc(Cl)cc1Cl)c1ccccc1O. The molecule has 0 heterocycles. The van der Waals surface area contributed by atoms with Gasteiger partial charge in [0.1, 0.15) is 10.6 Å². The van der Waals surface area contributed by atoms with E-state index in [9.17, 15) is 13.5 Å². The molecule has 0 atom stereocenters. The maximum atomic E-state index is 12.1. The zero-order valence-corrected chi connectivity index (χ0v) is 13.2. The number of sulfonamides is 1. The lowest BCUT2D eigenvalue weighted by Crippen LogP contribution is -2.26. The van der Waals surface area contributed by atoms with Crippen LogP contribution in [-0.2, 0) is 16.4 Å². The van der Waals surface area contributed by atoms with Gasteiger partial charge in [0.2, 0.25) is 10.0 Å². The number of phenols is 1. The molecule has 0 aliphatic rings. The van der Waals surface area contributed by atoms with Gasteiger partial charge in [-0.1, -0.05) is 41.4 Å². The lowest BCUT2D eigenvalue weighted by atomic mass is 10.1. The Bertz CT molecular complexity index is 748. The van der Waals surface area contributed by atoms with E-state index in [1.165, 1.54) is 12.1 Å². The molecule has 0 radical (unpaired) electrons. The smallest absolute Gasteiger partial charge is 0.244 e. The fraction of sp³-hybridized carbons (Fsp3) is 0.143. The minimum atomic E-state index is -3.75. The normalized spacial score (nSPS) is 11.5. The van der Waals surface area contributed by atoms with Crippen LogP contribution in [0.25, 0.3) is 0 Å². The summed E-state index contributed by atoms with van der Waals surface area (Å²) in [6.07, 6.45) is 0.419. The maximum Gasteiger partial charge on any atom is 0.244 e. The summed E-state index contributed by atoms with van der Waals surface area (Å²) < 4.78 is 26.5. The van der Waals surface area contributed by atoms with Crippen molar-refractivity contribution in [2.45, 2.75) is 11.3 Å². The number of para-hydroxylation sites is 1. The lowest BCUT2D eigenvalue weighted by molar-refractivity contribution is 0.458. The number of rotatable bonds is 5. The summed E-state index contributed by atoms with van der Waals surface area (Å²) in [5.41, 5.74) is 0.793. The largest absolute Gasteiger partial charge is 0.507 e. The molecule has 2 rings (SSSR count). The molecule has 0 saturated carbocycles. The molecule has 0 spiro atoms. The van der Waals surface area contributed by atoms with Crippen molar-refractivity contribution in [1.82, 2.24) is 4.72 Å². The molecule has 7 heteroatoms. The quantitative estimate of drug-likeness (QED) is 0.874. The van der Waals surface area contributed by atoms with Gasteiger partial charge >= 0.3 is 0 Å². The molecule has 0 bridgehead atoms. The van der Waals surface area contributed by atoms with E-state index >= 15 is 0 Å². The van der Waals surface area contributed by atoms with Crippen molar-refractivity contribution in [1.29, 1.82) is 0 Å². The molecular formula is C14H13Cl2NO3S. The van der Waals surface area contributed by atoms with Crippen LogP contribution >= 0.6 is 23.2 Å². The fourth-order valence-corrected chi connectivity index (χ4v) is 3.44. The van der Waals surface area contributed by atoms with Gasteiger partial charge < -0.3 is 5.11 Å². The lowest BCUT2D eigenvalue weighted by Gasteiger charge is -2.09. The molecule has 112 valence electrons. The van der Waals surface area contributed by atoms with Crippen LogP contribution in [0.1, 0.15) is 5.56 Å². The number of benzene rings is 2. The van der Waals surface area contributed by atoms with E-state index in [0.29, 0.717) is 16.5 Å². The summed E-state index contributed by atoms with van der Waals surface area (Å²) in [4.78, 5) is -0.146. The number of halogens is 2. The van der Waals surface area contributed by atoms with Crippen molar-refractivity contribution in [3.8, 4) is 5.75 Å². The van der Waals surface area contributed by atoms with E-state index in [0.717, 1.165) is 5.56 Å². The van der Waals surface area contributed by atoms with Crippen molar-refractivity contribution < 1.29 is 13.5 Å². The van der Waals surface area contributed by atoms with Gasteiger partial charge in [0.15, 0.2) is 0 Å². The molecule has 2 N–H and O–H groups in total. The molecule has 0 saturated heterocycles. The average Bonchev–Trinajstić information content (AvgIpc) is 2.41. The minimum Gasteiger partial charge on any atom is -0.507 e. The highest BCUT2D eigenvalue weighted by Gasteiger charge is 2.17. The Morgan fingerprint density at radius 1 is 1.10 bits per heavy atom. The van der Waals surface area contributed by atoms with Gasteiger partial charge in [-0.15, -0.1) is 0 Å².